The highest BCUT2D eigenvalue weighted by atomic mass is 35.5. The van der Waals surface area contributed by atoms with Crippen molar-refractivity contribution < 1.29 is 9.32 Å². The van der Waals surface area contributed by atoms with E-state index in [2.05, 4.69) is 5.16 Å². The molecule has 6 heteroatoms. The molecule has 2 rings (SSSR count). The van der Waals surface area contributed by atoms with Crippen molar-refractivity contribution in [2.75, 3.05) is 7.05 Å². The number of hydrogen-bond acceptors (Lipinski definition) is 3. The molecule has 0 spiro atoms. The van der Waals surface area contributed by atoms with Crippen LogP contribution in [0.25, 0.3) is 0 Å². The number of halogens is 2. The summed E-state index contributed by atoms with van der Waals surface area (Å²) in [6.45, 7) is 4.06. The van der Waals surface area contributed by atoms with Crippen molar-refractivity contribution in [2.24, 2.45) is 0 Å². The molecule has 1 heterocycles. The number of aromatic nitrogens is 1. The van der Waals surface area contributed by atoms with Crippen molar-refractivity contribution in [3.05, 3.63) is 50.8 Å². The number of amides is 1. The zero-order chi connectivity index (χ0) is 15.6. The Morgan fingerprint density at radius 1 is 1.33 bits per heavy atom. The van der Waals surface area contributed by atoms with Gasteiger partial charge in [0.15, 0.2) is 0 Å². The van der Waals surface area contributed by atoms with Crippen LogP contribution in [0.3, 0.4) is 0 Å². The average Bonchev–Trinajstić information content (AvgIpc) is 2.73. The van der Waals surface area contributed by atoms with Crippen LogP contribution >= 0.6 is 23.2 Å². The number of aryl methyl sites for hydroxylation is 2. The fourth-order valence-electron chi connectivity index (χ4n) is 2.03. The third kappa shape index (κ3) is 3.77. The normalized spacial score (nSPS) is 10.7. The molecular formula is C15H16Cl2N2O2. The molecule has 2 aromatic rings. The number of rotatable bonds is 4. The van der Waals surface area contributed by atoms with Crippen molar-refractivity contribution in [1.29, 1.82) is 0 Å². The second-order valence-electron chi connectivity index (χ2n) is 4.97. The van der Waals surface area contributed by atoms with Crippen LogP contribution in [0.2, 0.25) is 10.0 Å². The molecule has 0 aliphatic heterocycles. The maximum Gasteiger partial charge on any atom is 0.227 e. The highest BCUT2D eigenvalue weighted by molar-refractivity contribution is 6.35. The van der Waals surface area contributed by atoms with Gasteiger partial charge in [0.05, 0.1) is 12.1 Å². The van der Waals surface area contributed by atoms with E-state index < -0.39 is 0 Å². The topological polar surface area (TPSA) is 46.3 Å². The number of hydrogen-bond donors (Lipinski definition) is 0. The quantitative estimate of drug-likeness (QED) is 0.858. The minimum atomic E-state index is -0.0181. The van der Waals surface area contributed by atoms with Gasteiger partial charge in [0.25, 0.3) is 0 Å². The van der Waals surface area contributed by atoms with Gasteiger partial charge in [0, 0.05) is 29.2 Å². The Kier molecular flexibility index (Phi) is 4.91. The van der Waals surface area contributed by atoms with Crippen molar-refractivity contribution in [3.8, 4) is 0 Å². The summed E-state index contributed by atoms with van der Waals surface area (Å²) in [5, 5.41) is 4.99. The molecule has 1 amide bonds. The molecule has 0 aliphatic rings. The molecule has 0 aliphatic carbocycles. The van der Waals surface area contributed by atoms with E-state index in [4.69, 9.17) is 27.7 Å². The molecule has 1 aromatic heterocycles. The van der Waals surface area contributed by atoms with E-state index in [1.807, 2.05) is 13.0 Å². The van der Waals surface area contributed by atoms with E-state index in [9.17, 15) is 4.79 Å². The molecule has 0 atom stereocenters. The van der Waals surface area contributed by atoms with Gasteiger partial charge in [0.1, 0.15) is 5.76 Å². The molecule has 112 valence electrons. The molecule has 0 unspecified atom stereocenters. The largest absolute Gasteiger partial charge is 0.361 e. The Balaban J connectivity index is 2.06. The summed E-state index contributed by atoms with van der Waals surface area (Å²) in [4.78, 5) is 13.9. The van der Waals surface area contributed by atoms with Crippen molar-refractivity contribution in [2.45, 2.75) is 26.8 Å². The molecule has 1 aromatic carbocycles. The molecule has 0 N–H and O–H groups in total. The zero-order valence-electron chi connectivity index (χ0n) is 12.1. The van der Waals surface area contributed by atoms with Gasteiger partial charge in [-0.05, 0) is 31.5 Å². The molecule has 0 bridgehead atoms. The number of carbonyl (C=O) groups is 1. The third-order valence-electron chi connectivity index (χ3n) is 3.36. The lowest BCUT2D eigenvalue weighted by Gasteiger charge is -2.18. The number of carbonyl (C=O) groups excluding carboxylic acids is 1. The molecule has 0 saturated carbocycles. The first kappa shape index (κ1) is 15.9. The number of nitrogens with zero attached hydrogens (tertiary/aromatic N) is 2. The maximum atomic E-state index is 12.3. The fraction of sp³-hybridized carbons (Fsp3) is 0.333. The Morgan fingerprint density at radius 2 is 2.05 bits per heavy atom. The minimum Gasteiger partial charge on any atom is -0.361 e. The van der Waals surface area contributed by atoms with Crippen LogP contribution in [0, 0.1) is 13.8 Å². The SMILES string of the molecule is Cc1noc(C)c1CC(=O)N(C)Cc1ccc(Cl)cc1Cl. The molecule has 4 nitrogen and oxygen atoms in total. The van der Waals surface area contributed by atoms with Crippen LogP contribution in [-0.2, 0) is 17.8 Å². The summed E-state index contributed by atoms with van der Waals surface area (Å²) in [7, 11) is 1.74. The van der Waals surface area contributed by atoms with Crippen molar-refractivity contribution in [1.82, 2.24) is 10.1 Å². The molecular weight excluding hydrogens is 311 g/mol. The summed E-state index contributed by atoms with van der Waals surface area (Å²) < 4.78 is 5.07. The summed E-state index contributed by atoms with van der Waals surface area (Å²) in [5.41, 5.74) is 2.45. The van der Waals surface area contributed by atoms with Gasteiger partial charge >= 0.3 is 0 Å². The average molecular weight is 327 g/mol. The molecule has 0 fully saturated rings. The van der Waals surface area contributed by atoms with Gasteiger partial charge in [-0.3, -0.25) is 4.79 Å². The fourth-order valence-corrected chi connectivity index (χ4v) is 2.50. The second-order valence-corrected chi connectivity index (χ2v) is 5.81. The lowest BCUT2D eigenvalue weighted by Crippen LogP contribution is -2.28. The first-order valence-corrected chi connectivity index (χ1v) is 7.23. The second kappa shape index (κ2) is 6.50. The maximum absolute atomic E-state index is 12.3. The third-order valence-corrected chi connectivity index (χ3v) is 3.94. The summed E-state index contributed by atoms with van der Waals surface area (Å²) in [5.74, 6) is 0.661. The summed E-state index contributed by atoms with van der Waals surface area (Å²) in [6, 6.07) is 5.25. The highest BCUT2D eigenvalue weighted by Gasteiger charge is 2.17. The Hall–Kier alpha value is -1.52. The van der Waals surface area contributed by atoms with Gasteiger partial charge in [-0.25, -0.2) is 0 Å². The lowest BCUT2D eigenvalue weighted by molar-refractivity contribution is -0.129. The van der Waals surface area contributed by atoms with Crippen LogP contribution in [0.1, 0.15) is 22.6 Å². The standard InChI is InChI=1S/C15H16Cl2N2O2/c1-9-13(10(2)21-18-9)7-15(20)19(3)8-11-4-5-12(16)6-14(11)17/h4-6H,7-8H2,1-3H3. The molecule has 0 radical (unpaired) electrons. The van der Waals surface area contributed by atoms with Gasteiger partial charge in [-0.2, -0.15) is 0 Å². The van der Waals surface area contributed by atoms with Crippen molar-refractivity contribution >= 4 is 29.1 Å². The first-order chi connectivity index (χ1) is 9.88. The highest BCUT2D eigenvalue weighted by Crippen LogP contribution is 2.22. The monoisotopic (exact) mass is 326 g/mol. The van der Waals surface area contributed by atoms with Gasteiger partial charge in [0.2, 0.25) is 5.91 Å². The zero-order valence-corrected chi connectivity index (χ0v) is 13.6. The Bertz CT molecular complexity index is 648. The summed E-state index contributed by atoms with van der Waals surface area (Å²) >= 11 is 12.0. The van der Waals surface area contributed by atoms with Crippen LogP contribution < -0.4 is 0 Å². The Labute approximate surface area is 133 Å². The van der Waals surface area contributed by atoms with E-state index in [-0.39, 0.29) is 12.3 Å². The minimum absolute atomic E-state index is 0.0181. The predicted octanol–water partition coefficient (Wildman–Crippen LogP) is 3.80. The van der Waals surface area contributed by atoms with Crippen LogP contribution in [0.4, 0.5) is 0 Å². The Morgan fingerprint density at radius 3 is 2.62 bits per heavy atom. The van der Waals surface area contributed by atoms with E-state index in [1.54, 1.807) is 31.0 Å². The van der Waals surface area contributed by atoms with Gasteiger partial charge in [-0.1, -0.05) is 34.4 Å². The van der Waals surface area contributed by atoms with Crippen LogP contribution in [0.5, 0.6) is 0 Å². The van der Waals surface area contributed by atoms with E-state index >= 15 is 0 Å². The van der Waals surface area contributed by atoms with Crippen LogP contribution in [-0.4, -0.2) is 23.0 Å². The molecule has 21 heavy (non-hydrogen) atoms. The molecule has 0 saturated heterocycles. The van der Waals surface area contributed by atoms with E-state index in [1.165, 1.54) is 0 Å². The van der Waals surface area contributed by atoms with Gasteiger partial charge < -0.3 is 9.42 Å². The smallest absolute Gasteiger partial charge is 0.227 e. The summed E-state index contributed by atoms with van der Waals surface area (Å²) in [6.07, 6.45) is 0.267. The number of likely N-dealkylation sites (N-methyl/N-ethyl adjacent to an activating group) is 1. The first-order valence-electron chi connectivity index (χ1n) is 6.48. The van der Waals surface area contributed by atoms with E-state index in [0.717, 1.165) is 16.8 Å². The van der Waals surface area contributed by atoms with E-state index in [0.29, 0.717) is 22.4 Å². The van der Waals surface area contributed by atoms with Crippen LogP contribution in [0.15, 0.2) is 22.7 Å². The number of benzene rings is 1. The predicted molar refractivity (Wildman–Crippen MR) is 82.6 cm³/mol. The van der Waals surface area contributed by atoms with Gasteiger partial charge in [-0.15, -0.1) is 0 Å². The lowest BCUT2D eigenvalue weighted by atomic mass is 10.1. The van der Waals surface area contributed by atoms with Crippen molar-refractivity contribution in [3.63, 3.8) is 0 Å².